The number of benzene rings is 2. The third-order valence-electron chi connectivity index (χ3n) is 3.65. The Morgan fingerprint density at radius 3 is 2.55 bits per heavy atom. The SMILES string of the molecule is CCCn1c(-c2ccc(N)cc2)nc2cc(OCC)ccc21. The van der Waals surface area contributed by atoms with Crippen LogP contribution in [0.3, 0.4) is 0 Å². The van der Waals surface area contributed by atoms with Crippen molar-refractivity contribution in [2.75, 3.05) is 12.3 Å². The number of rotatable bonds is 5. The van der Waals surface area contributed by atoms with E-state index < -0.39 is 0 Å². The fourth-order valence-corrected chi connectivity index (χ4v) is 2.67. The Morgan fingerprint density at radius 2 is 1.86 bits per heavy atom. The summed E-state index contributed by atoms with van der Waals surface area (Å²) in [4.78, 5) is 4.82. The zero-order valence-electron chi connectivity index (χ0n) is 13.0. The first kappa shape index (κ1) is 14.4. The Kier molecular flexibility index (Phi) is 4.00. The number of fused-ring (bicyclic) bond motifs is 1. The molecule has 1 heterocycles. The number of imidazole rings is 1. The molecule has 0 atom stereocenters. The first-order valence-corrected chi connectivity index (χ1v) is 7.72. The largest absolute Gasteiger partial charge is 0.494 e. The Bertz CT molecular complexity index is 775. The number of nitrogens with zero attached hydrogens (tertiary/aromatic N) is 2. The quantitative estimate of drug-likeness (QED) is 0.721. The molecule has 0 fully saturated rings. The van der Waals surface area contributed by atoms with Gasteiger partial charge in [-0.15, -0.1) is 0 Å². The maximum absolute atomic E-state index is 5.79. The van der Waals surface area contributed by atoms with Crippen molar-refractivity contribution >= 4 is 16.7 Å². The molecular formula is C18H21N3O. The number of hydrogen-bond donors (Lipinski definition) is 1. The predicted molar refractivity (Wildman–Crippen MR) is 91.0 cm³/mol. The molecule has 0 saturated heterocycles. The number of ether oxygens (including phenoxy) is 1. The van der Waals surface area contributed by atoms with Crippen molar-refractivity contribution in [1.29, 1.82) is 0 Å². The standard InChI is InChI=1S/C18H21N3O/c1-3-11-21-17-10-9-15(22-4-2)12-16(17)20-18(21)13-5-7-14(19)8-6-13/h5-10,12H,3-4,11,19H2,1-2H3. The van der Waals surface area contributed by atoms with Crippen molar-refractivity contribution < 1.29 is 4.74 Å². The Balaban J connectivity index is 2.15. The van der Waals surface area contributed by atoms with Crippen LogP contribution in [-0.4, -0.2) is 16.2 Å². The van der Waals surface area contributed by atoms with E-state index >= 15 is 0 Å². The van der Waals surface area contributed by atoms with Crippen molar-refractivity contribution in [3.63, 3.8) is 0 Å². The zero-order valence-corrected chi connectivity index (χ0v) is 13.0. The minimum absolute atomic E-state index is 0.659. The average molecular weight is 295 g/mol. The molecule has 0 aliphatic rings. The van der Waals surface area contributed by atoms with Gasteiger partial charge < -0.3 is 15.0 Å². The van der Waals surface area contributed by atoms with Crippen molar-refractivity contribution in [1.82, 2.24) is 9.55 Å². The average Bonchev–Trinajstić information content (AvgIpc) is 2.87. The molecule has 2 aromatic carbocycles. The molecule has 3 rings (SSSR count). The number of hydrogen-bond acceptors (Lipinski definition) is 3. The fourth-order valence-electron chi connectivity index (χ4n) is 2.67. The molecule has 0 radical (unpaired) electrons. The van der Waals surface area contributed by atoms with Crippen LogP contribution in [0.2, 0.25) is 0 Å². The molecule has 0 bridgehead atoms. The molecule has 1 aromatic heterocycles. The lowest BCUT2D eigenvalue weighted by molar-refractivity contribution is 0.340. The zero-order chi connectivity index (χ0) is 15.5. The van der Waals surface area contributed by atoms with E-state index in [0.29, 0.717) is 6.61 Å². The number of nitrogens with two attached hydrogens (primary N) is 1. The second-order valence-electron chi connectivity index (χ2n) is 5.29. The minimum atomic E-state index is 0.659. The van der Waals surface area contributed by atoms with Gasteiger partial charge in [-0.25, -0.2) is 4.98 Å². The van der Waals surface area contributed by atoms with Gasteiger partial charge in [-0.1, -0.05) is 6.92 Å². The Morgan fingerprint density at radius 1 is 1.09 bits per heavy atom. The molecule has 0 amide bonds. The third kappa shape index (κ3) is 2.64. The molecular weight excluding hydrogens is 274 g/mol. The van der Waals surface area contributed by atoms with Crippen LogP contribution in [0.4, 0.5) is 5.69 Å². The van der Waals surface area contributed by atoms with Gasteiger partial charge in [0.1, 0.15) is 11.6 Å². The van der Waals surface area contributed by atoms with Gasteiger partial charge in [-0.05, 0) is 49.7 Å². The first-order valence-electron chi connectivity index (χ1n) is 7.72. The molecule has 22 heavy (non-hydrogen) atoms. The van der Waals surface area contributed by atoms with E-state index in [1.807, 2.05) is 43.3 Å². The van der Waals surface area contributed by atoms with E-state index in [9.17, 15) is 0 Å². The van der Waals surface area contributed by atoms with Crippen LogP contribution in [0.1, 0.15) is 20.3 Å². The van der Waals surface area contributed by atoms with Crippen LogP contribution in [0.5, 0.6) is 5.75 Å². The van der Waals surface area contributed by atoms with Crippen LogP contribution in [0.25, 0.3) is 22.4 Å². The molecule has 0 aliphatic heterocycles. The lowest BCUT2D eigenvalue weighted by Crippen LogP contribution is -2.00. The van der Waals surface area contributed by atoms with E-state index in [1.165, 1.54) is 0 Å². The summed E-state index contributed by atoms with van der Waals surface area (Å²) in [5.74, 6) is 1.84. The normalized spacial score (nSPS) is 11.0. The number of aryl methyl sites for hydroxylation is 1. The molecule has 4 heteroatoms. The topological polar surface area (TPSA) is 53.1 Å². The van der Waals surface area contributed by atoms with Crippen LogP contribution in [0, 0.1) is 0 Å². The van der Waals surface area contributed by atoms with Gasteiger partial charge in [0.15, 0.2) is 0 Å². The molecule has 0 spiro atoms. The Hall–Kier alpha value is -2.49. The molecule has 0 saturated carbocycles. The summed E-state index contributed by atoms with van der Waals surface area (Å²) in [5, 5.41) is 0. The van der Waals surface area contributed by atoms with Gasteiger partial charge >= 0.3 is 0 Å². The van der Waals surface area contributed by atoms with E-state index in [2.05, 4.69) is 17.6 Å². The fraction of sp³-hybridized carbons (Fsp3) is 0.278. The number of aromatic nitrogens is 2. The number of anilines is 1. The van der Waals surface area contributed by atoms with Gasteiger partial charge in [-0.2, -0.15) is 0 Å². The predicted octanol–water partition coefficient (Wildman–Crippen LogP) is 4.09. The summed E-state index contributed by atoms with van der Waals surface area (Å²) in [6, 6.07) is 14.0. The molecule has 114 valence electrons. The summed E-state index contributed by atoms with van der Waals surface area (Å²) in [5.41, 5.74) is 9.73. The van der Waals surface area contributed by atoms with E-state index in [-0.39, 0.29) is 0 Å². The van der Waals surface area contributed by atoms with Crippen LogP contribution in [-0.2, 0) is 6.54 Å². The highest BCUT2D eigenvalue weighted by Crippen LogP contribution is 2.28. The van der Waals surface area contributed by atoms with E-state index in [0.717, 1.165) is 46.8 Å². The molecule has 0 aliphatic carbocycles. The van der Waals surface area contributed by atoms with Gasteiger partial charge in [0.2, 0.25) is 0 Å². The van der Waals surface area contributed by atoms with Gasteiger partial charge in [0, 0.05) is 23.9 Å². The minimum Gasteiger partial charge on any atom is -0.494 e. The summed E-state index contributed by atoms with van der Waals surface area (Å²) in [6.45, 7) is 5.75. The van der Waals surface area contributed by atoms with Crippen LogP contribution < -0.4 is 10.5 Å². The van der Waals surface area contributed by atoms with E-state index in [4.69, 9.17) is 15.5 Å². The van der Waals surface area contributed by atoms with Crippen LogP contribution >= 0.6 is 0 Å². The van der Waals surface area contributed by atoms with Crippen molar-refractivity contribution in [3.8, 4) is 17.1 Å². The summed E-state index contributed by atoms with van der Waals surface area (Å²) >= 11 is 0. The second kappa shape index (κ2) is 6.10. The lowest BCUT2D eigenvalue weighted by Gasteiger charge is -2.08. The highest BCUT2D eigenvalue weighted by atomic mass is 16.5. The smallest absolute Gasteiger partial charge is 0.141 e. The lowest BCUT2D eigenvalue weighted by atomic mass is 10.2. The van der Waals surface area contributed by atoms with Gasteiger partial charge in [-0.3, -0.25) is 0 Å². The third-order valence-corrected chi connectivity index (χ3v) is 3.65. The molecule has 3 aromatic rings. The van der Waals surface area contributed by atoms with Crippen molar-refractivity contribution in [2.45, 2.75) is 26.8 Å². The monoisotopic (exact) mass is 295 g/mol. The summed E-state index contributed by atoms with van der Waals surface area (Å²) in [6.07, 6.45) is 1.06. The van der Waals surface area contributed by atoms with Gasteiger partial charge in [0.05, 0.1) is 17.6 Å². The van der Waals surface area contributed by atoms with Gasteiger partial charge in [0.25, 0.3) is 0 Å². The van der Waals surface area contributed by atoms with E-state index in [1.54, 1.807) is 0 Å². The summed E-state index contributed by atoms with van der Waals surface area (Å²) < 4.78 is 7.84. The summed E-state index contributed by atoms with van der Waals surface area (Å²) in [7, 11) is 0. The maximum atomic E-state index is 5.79. The first-order chi connectivity index (χ1) is 10.7. The highest BCUT2D eigenvalue weighted by molar-refractivity contribution is 5.82. The highest BCUT2D eigenvalue weighted by Gasteiger charge is 2.12. The Labute approximate surface area is 130 Å². The maximum Gasteiger partial charge on any atom is 0.141 e. The van der Waals surface area contributed by atoms with Crippen molar-refractivity contribution in [3.05, 3.63) is 42.5 Å². The molecule has 2 N–H and O–H groups in total. The second-order valence-corrected chi connectivity index (χ2v) is 5.29. The van der Waals surface area contributed by atoms with Crippen LogP contribution in [0.15, 0.2) is 42.5 Å². The molecule has 4 nitrogen and oxygen atoms in total. The number of nitrogen functional groups attached to an aromatic ring is 1. The van der Waals surface area contributed by atoms with Crippen molar-refractivity contribution in [2.24, 2.45) is 0 Å². The molecule has 0 unspecified atom stereocenters.